The van der Waals surface area contributed by atoms with Crippen molar-refractivity contribution in [2.45, 2.75) is 0 Å². The molecule has 66 valence electrons. The number of hydrogen-bond donors (Lipinski definition) is 0. The van der Waals surface area contributed by atoms with Crippen LogP contribution in [-0.2, 0) is 7.05 Å². The third-order valence-electron chi connectivity index (χ3n) is 2.12. The van der Waals surface area contributed by atoms with Gasteiger partial charge < -0.3 is 14.5 Å². The van der Waals surface area contributed by atoms with E-state index in [2.05, 4.69) is 0 Å². The van der Waals surface area contributed by atoms with Crippen LogP contribution in [0, 0.1) is 0 Å². The van der Waals surface area contributed by atoms with Gasteiger partial charge in [0.15, 0.2) is 0 Å². The Morgan fingerprint density at radius 1 is 1.38 bits per heavy atom. The van der Waals surface area contributed by atoms with Crippen LogP contribution in [0.4, 0.5) is 0 Å². The number of rotatable bonds is 1. The Labute approximate surface area is 75.2 Å². The molecule has 3 heteroatoms. The summed E-state index contributed by atoms with van der Waals surface area (Å²) in [6.07, 6.45) is 1.89. The lowest BCUT2D eigenvalue weighted by Gasteiger charge is -2.02. The summed E-state index contributed by atoms with van der Waals surface area (Å²) in [7, 11) is 1.92. The van der Waals surface area contributed by atoms with Crippen molar-refractivity contribution in [1.82, 2.24) is 4.57 Å². The first-order valence-corrected chi connectivity index (χ1v) is 3.95. The van der Waals surface area contributed by atoms with Crippen LogP contribution in [0.25, 0.3) is 10.9 Å². The lowest BCUT2D eigenvalue weighted by Crippen LogP contribution is -2.21. The van der Waals surface area contributed by atoms with Crippen LogP contribution >= 0.6 is 0 Å². The molecule has 0 bridgehead atoms. The second-order valence-corrected chi connectivity index (χ2v) is 2.99. The van der Waals surface area contributed by atoms with Gasteiger partial charge in [0.25, 0.3) is 0 Å². The zero-order valence-electron chi connectivity index (χ0n) is 7.15. The minimum Gasteiger partial charge on any atom is -0.545 e. The van der Waals surface area contributed by atoms with Gasteiger partial charge in [-0.05, 0) is 23.8 Å². The summed E-state index contributed by atoms with van der Waals surface area (Å²) in [4.78, 5) is 10.5. The second-order valence-electron chi connectivity index (χ2n) is 2.99. The van der Waals surface area contributed by atoms with Gasteiger partial charge in [-0.15, -0.1) is 0 Å². The van der Waals surface area contributed by atoms with Crippen LogP contribution in [0.3, 0.4) is 0 Å². The van der Waals surface area contributed by atoms with E-state index in [4.69, 9.17) is 0 Å². The molecule has 13 heavy (non-hydrogen) atoms. The number of carbonyl (C=O) groups excluding carboxylic acids is 1. The van der Waals surface area contributed by atoms with E-state index in [-0.39, 0.29) is 5.56 Å². The molecule has 0 N–H and O–H groups in total. The van der Waals surface area contributed by atoms with Crippen LogP contribution < -0.4 is 5.11 Å². The molecule has 1 heterocycles. The maximum Gasteiger partial charge on any atom is 0.0715 e. The average Bonchev–Trinajstić information content (AvgIpc) is 2.47. The Bertz CT molecular complexity index is 471. The van der Waals surface area contributed by atoms with Crippen molar-refractivity contribution >= 4 is 16.9 Å². The van der Waals surface area contributed by atoms with Crippen molar-refractivity contribution in [3.8, 4) is 0 Å². The third-order valence-corrected chi connectivity index (χ3v) is 2.12. The van der Waals surface area contributed by atoms with Crippen LogP contribution in [-0.4, -0.2) is 10.5 Å². The molecule has 3 nitrogen and oxygen atoms in total. The highest BCUT2D eigenvalue weighted by molar-refractivity contribution is 5.92. The molecule has 2 aromatic rings. The summed E-state index contributed by atoms with van der Waals surface area (Å²) in [5, 5.41) is 11.5. The summed E-state index contributed by atoms with van der Waals surface area (Å²) in [6.45, 7) is 0. The summed E-state index contributed by atoms with van der Waals surface area (Å²) in [6, 6.07) is 6.82. The maximum atomic E-state index is 10.5. The van der Waals surface area contributed by atoms with Crippen LogP contribution in [0.2, 0.25) is 0 Å². The summed E-state index contributed by atoms with van der Waals surface area (Å²) < 4.78 is 1.94. The summed E-state index contributed by atoms with van der Waals surface area (Å²) in [5.41, 5.74) is 1.24. The van der Waals surface area contributed by atoms with E-state index < -0.39 is 5.97 Å². The first-order valence-electron chi connectivity index (χ1n) is 3.95. The minimum absolute atomic E-state index is 0.221. The van der Waals surface area contributed by atoms with Crippen molar-refractivity contribution in [2.75, 3.05) is 0 Å². The molecule has 0 radical (unpaired) electrons. The maximum absolute atomic E-state index is 10.5. The Balaban J connectivity index is 2.70. The first kappa shape index (κ1) is 7.86. The van der Waals surface area contributed by atoms with Crippen molar-refractivity contribution in [1.29, 1.82) is 0 Å². The summed E-state index contributed by atoms with van der Waals surface area (Å²) in [5.74, 6) is -1.13. The number of carboxylic acids is 1. The van der Waals surface area contributed by atoms with Gasteiger partial charge in [0, 0.05) is 24.1 Å². The van der Waals surface area contributed by atoms with Gasteiger partial charge in [-0.2, -0.15) is 0 Å². The topological polar surface area (TPSA) is 45.1 Å². The molecule has 0 spiro atoms. The van der Waals surface area contributed by atoms with Gasteiger partial charge in [-0.25, -0.2) is 0 Å². The lowest BCUT2D eigenvalue weighted by atomic mass is 10.1. The van der Waals surface area contributed by atoms with E-state index in [9.17, 15) is 9.90 Å². The van der Waals surface area contributed by atoms with Gasteiger partial charge >= 0.3 is 0 Å². The smallest absolute Gasteiger partial charge is 0.0715 e. The number of aromatic carboxylic acids is 1. The Hall–Kier alpha value is -1.77. The van der Waals surface area contributed by atoms with Crippen molar-refractivity contribution in [3.63, 3.8) is 0 Å². The minimum atomic E-state index is -1.13. The normalized spacial score (nSPS) is 10.5. The quantitative estimate of drug-likeness (QED) is 0.633. The van der Waals surface area contributed by atoms with Crippen molar-refractivity contribution in [3.05, 3.63) is 36.0 Å². The summed E-state index contributed by atoms with van der Waals surface area (Å²) >= 11 is 0. The highest BCUT2D eigenvalue weighted by Crippen LogP contribution is 2.15. The molecule has 1 aromatic carbocycles. The molecule has 2 rings (SSSR count). The molecule has 0 aliphatic heterocycles. The largest absolute Gasteiger partial charge is 0.545 e. The number of carboxylic acid groups (broad SMARTS) is 1. The van der Waals surface area contributed by atoms with E-state index in [0.29, 0.717) is 0 Å². The van der Waals surface area contributed by atoms with E-state index >= 15 is 0 Å². The van der Waals surface area contributed by atoms with E-state index in [1.807, 2.05) is 23.9 Å². The molecule has 0 aliphatic rings. The van der Waals surface area contributed by atoms with Crippen molar-refractivity contribution in [2.24, 2.45) is 7.05 Å². The fourth-order valence-electron chi connectivity index (χ4n) is 1.41. The standard InChI is InChI=1S/C10H9NO2/c1-11-5-4-7-6-8(10(12)13)2-3-9(7)11/h2-6H,1H3,(H,12,13)/p-1. The Kier molecular flexibility index (Phi) is 1.59. The molecular weight excluding hydrogens is 166 g/mol. The van der Waals surface area contributed by atoms with E-state index in [1.54, 1.807) is 18.2 Å². The Morgan fingerprint density at radius 2 is 2.15 bits per heavy atom. The van der Waals surface area contributed by atoms with Gasteiger partial charge in [0.1, 0.15) is 0 Å². The molecule has 0 atom stereocenters. The molecule has 0 saturated heterocycles. The zero-order chi connectivity index (χ0) is 9.42. The van der Waals surface area contributed by atoms with Gasteiger partial charge in [0.05, 0.1) is 5.97 Å². The highest BCUT2D eigenvalue weighted by Gasteiger charge is 1.99. The molecular formula is C10H8NO2-. The monoisotopic (exact) mass is 174 g/mol. The van der Waals surface area contributed by atoms with Gasteiger partial charge in [-0.1, -0.05) is 6.07 Å². The molecule has 0 fully saturated rings. The molecule has 0 saturated carbocycles. The van der Waals surface area contributed by atoms with Crippen LogP contribution in [0.5, 0.6) is 0 Å². The van der Waals surface area contributed by atoms with Gasteiger partial charge in [0.2, 0.25) is 0 Å². The lowest BCUT2D eigenvalue weighted by molar-refractivity contribution is -0.255. The van der Waals surface area contributed by atoms with E-state index in [0.717, 1.165) is 10.9 Å². The highest BCUT2D eigenvalue weighted by atomic mass is 16.4. The van der Waals surface area contributed by atoms with Crippen LogP contribution in [0.15, 0.2) is 30.5 Å². The third kappa shape index (κ3) is 1.18. The second kappa shape index (κ2) is 2.62. The first-order chi connectivity index (χ1) is 6.18. The van der Waals surface area contributed by atoms with Gasteiger partial charge in [-0.3, -0.25) is 0 Å². The number of aryl methyl sites for hydroxylation is 1. The fraction of sp³-hybridized carbons (Fsp3) is 0.100. The van der Waals surface area contributed by atoms with Crippen LogP contribution in [0.1, 0.15) is 10.4 Å². The number of hydrogen-bond acceptors (Lipinski definition) is 2. The molecule has 0 amide bonds. The predicted octanol–water partition coefficient (Wildman–Crippen LogP) is 0.542. The molecule has 1 aromatic heterocycles. The predicted molar refractivity (Wildman–Crippen MR) is 47.2 cm³/mol. The SMILES string of the molecule is Cn1ccc2cc(C(=O)[O-])ccc21. The number of fused-ring (bicyclic) bond motifs is 1. The fourth-order valence-corrected chi connectivity index (χ4v) is 1.41. The number of benzene rings is 1. The van der Waals surface area contributed by atoms with Crippen molar-refractivity contribution < 1.29 is 9.90 Å². The molecule has 0 aliphatic carbocycles. The average molecular weight is 174 g/mol. The number of aromatic nitrogens is 1. The Morgan fingerprint density at radius 3 is 2.85 bits per heavy atom. The number of nitrogens with zero attached hydrogens (tertiary/aromatic N) is 1. The number of carbonyl (C=O) groups is 1. The van der Waals surface area contributed by atoms with E-state index in [1.165, 1.54) is 0 Å². The zero-order valence-corrected chi connectivity index (χ0v) is 7.15. The molecule has 0 unspecified atom stereocenters.